The van der Waals surface area contributed by atoms with E-state index in [0.717, 1.165) is 35.9 Å². The Labute approximate surface area is 187 Å². The Bertz CT molecular complexity index is 768. The van der Waals surface area contributed by atoms with E-state index in [1.807, 2.05) is 18.3 Å². The van der Waals surface area contributed by atoms with Crippen molar-refractivity contribution in [3.05, 3.63) is 33.8 Å². The van der Waals surface area contributed by atoms with Crippen LogP contribution in [0.3, 0.4) is 0 Å². The summed E-state index contributed by atoms with van der Waals surface area (Å²) in [5, 5.41) is 7.75. The number of benzene rings is 1. The Morgan fingerprint density at radius 3 is 2.43 bits per heavy atom. The van der Waals surface area contributed by atoms with E-state index in [4.69, 9.17) is 14.2 Å². The summed E-state index contributed by atoms with van der Waals surface area (Å²) in [5.74, 6) is 2.59. The standard InChI is InChI=1S/C19H28N4O3S.HI/c1-6-14-12-22-16(27-14)9-10-21-19(20-2)23-11-13-7-8-15(24-3)18(26-5)17(13)25-4;/h7-8,12H,6,9-11H2,1-5H3,(H2,20,21,23);1H. The van der Waals surface area contributed by atoms with Crippen LogP contribution in [0.5, 0.6) is 17.2 Å². The van der Waals surface area contributed by atoms with Crippen LogP contribution in [0.4, 0.5) is 0 Å². The second-order valence-electron chi connectivity index (χ2n) is 5.67. The first kappa shape index (κ1) is 24.3. The van der Waals surface area contributed by atoms with Crippen molar-refractivity contribution in [1.82, 2.24) is 15.6 Å². The lowest BCUT2D eigenvalue weighted by atomic mass is 10.1. The number of hydrogen-bond acceptors (Lipinski definition) is 6. The second-order valence-corrected chi connectivity index (χ2v) is 6.87. The maximum Gasteiger partial charge on any atom is 0.203 e. The number of nitrogens with one attached hydrogen (secondary N) is 2. The van der Waals surface area contributed by atoms with Crippen LogP contribution in [-0.4, -0.2) is 45.9 Å². The van der Waals surface area contributed by atoms with Gasteiger partial charge in [0.25, 0.3) is 0 Å². The average molecular weight is 520 g/mol. The van der Waals surface area contributed by atoms with E-state index in [1.165, 1.54) is 4.88 Å². The molecule has 0 spiro atoms. The number of rotatable bonds is 9. The summed E-state index contributed by atoms with van der Waals surface area (Å²) in [6.45, 7) is 3.45. The highest BCUT2D eigenvalue weighted by Crippen LogP contribution is 2.39. The normalized spacial score (nSPS) is 10.8. The first-order valence-electron chi connectivity index (χ1n) is 8.82. The van der Waals surface area contributed by atoms with E-state index in [1.54, 1.807) is 39.7 Å². The van der Waals surface area contributed by atoms with Crippen molar-refractivity contribution in [2.75, 3.05) is 34.9 Å². The largest absolute Gasteiger partial charge is 0.493 e. The van der Waals surface area contributed by atoms with Crippen LogP contribution < -0.4 is 24.8 Å². The molecule has 0 atom stereocenters. The third-order valence-corrected chi connectivity index (χ3v) is 5.24. The van der Waals surface area contributed by atoms with Crippen LogP contribution in [0.2, 0.25) is 0 Å². The number of hydrogen-bond donors (Lipinski definition) is 2. The molecule has 0 radical (unpaired) electrons. The molecule has 1 aromatic heterocycles. The molecule has 0 aliphatic carbocycles. The fraction of sp³-hybridized carbons (Fsp3) is 0.474. The van der Waals surface area contributed by atoms with Crippen LogP contribution in [0.1, 0.15) is 22.4 Å². The third-order valence-electron chi connectivity index (χ3n) is 4.04. The number of nitrogens with zero attached hydrogens (tertiary/aromatic N) is 2. The van der Waals surface area contributed by atoms with E-state index in [-0.39, 0.29) is 24.0 Å². The van der Waals surface area contributed by atoms with Gasteiger partial charge >= 0.3 is 0 Å². The van der Waals surface area contributed by atoms with Gasteiger partial charge in [-0.1, -0.05) is 6.92 Å². The van der Waals surface area contributed by atoms with Crippen molar-refractivity contribution in [2.24, 2.45) is 4.99 Å². The molecule has 7 nitrogen and oxygen atoms in total. The Kier molecular flexibility index (Phi) is 11.0. The van der Waals surface area contributed by atoms with Gasteiger partial charge in [0.05, 0.1) is 26.3 Å². The molecule has 0 saturated heterocycles. The molecular formula is C19H29IN4O3S. The monoisotopic (exact) mass is 520 g/mol. The van der Waals surface area contributed by atoms with Crippen molar-refractivity contribution in [3.8, 4) is 17.2 Å². The van der Waals surface area contributed by atoms with Gasteiger partial charge in [-0.25, -0.2) is 4.98 Å². The van der Waals surface area contributed by atoms with Crippen LogP contribution in [0, 0.1) is 0 Å². The number of thiazole rings is 1. The van der Waals surface area contributed by atoms with Crippen LogP contribution >= 0.6 is 35.3 Å². The Balaban J connectivity index is 0.00000392. The fourth-order valence-electron chi connectivity index (χ4n) is 2.62. The average Bonchev–Trinajstić information content (AvgIpc) is 3.17. The zero-order chi connectivity index (χ0) is 19.6. The summed E-state index contributed by atoms with van der Waals surface area (Å²) in [6, 6.07) is 3.81. The predicted molar refractivity (Wildman–Crippen MR) is 125 cm³/mol. The van der Waals surface area contributed by atoms with E-state index in [0.29, 0.717) is 23.8 Å². The van der Waals surface area contributed by atoms with Gasteiger partial charge in [0.2, 0.25) is 5.75 Å². The second kappa shape index (κ2) is 12.7. The molecule has 0 saturated carbocycles. The SMILES string of the molecule is CCc1cnc(CCNC(=NC)NCc2ccc(OC)c(OC)c2OC)s1.I. The smallest absolute Gasteiger partial charge is 0.203 e. The molecule has 2 rings (SSSR count). The van der Waals surface area contributed by atoms with E-state index in [9.17, 15) is 0 Å². The van der Waals surface area contributed by atoms with E-state index >= 15 is 0 Å². The van der Waals surface area contributed by atoms with Crippen molar-refractivity contribution in [2.45, 2.75) is 26.3 Å². The molecule has 0 unspecified atom stereocenters. The van der Waals surface area contributed by atoms with E-state index < -0.39 is 0 Å². The van der Waals surface area contributed by atoms with Gasteiger partial charge in [-0.15, -0.1) is 35.3 Å². The minimum Gasteiger partial charge on any atom is -0.493 e. The Morgan fingerprint density at radius 1 is 1.11 bits per heavy atom. The zero-order valence-electron chi connectivity index (χ0n) is 17.0. The third kappa shape index (κ3) is 6.40. The highest BCUT2D eigenvalue weighted by atomic mass is 127. The van der Waals surface area contributed by atoms with Gasteiger partial charge < -0.3 is 24.8 Å². The van der Waals surface area contributed by atoms with Gasteiger partial charge in [0, 0.05) is 43.2 Å². The van der Waals surface area contributed by atoms with Crippen molar-refractivity contribution < 1.29 is 14.2 Å². The summed E-state index contributed by atoms with van der Waals surface area (Å²) >= 11 is 1.76. The molecule has 0 bridgehead atoms. The van der Waals surface area contributed by atoms with Crippen molar-refractivity contribution >= 4 is 41.3 Å². The molecule has 9 heteroatoms. The number of aryl methyl sites for hydroxylation is 1. The summed E-state index contributed by atoms with van der Waals surface area (Å²) < 4.78 is 16.3. The Hall–Kier alpha value is -1.75. The molecule has 156 valence electrons. The molecular weight excluding hydrogens is 491 g/mol. The maximum atomic E-state index is 5.52. The van der Waals surface area contributed by atoms with Crippen LogP contribution in [0.25, 0.3) is 0 Å². The van der Waals surface area contributed by atoms with Gasteiger partial charge in [-0.05, 0) is 18.6 Å². The number of aliphatic imine (C=N–C) groups is 1. The lowest BCUT2D eigenvalue weighted by Gasteiger charge is -2.17. The topological polar surface area (TPSA) is 77.0 Å². The fourth-order valence-corrected chi connectivity index (χ4v) is 3.48. The highest BCUT2D eigenvalue weighted by molar-refractivity contribution is 14.0. The number of aromatic nitrogens is 1. The number of ether oxygens (including phenoxy) is 3. The quantitative estimate of drug-likeness (QED) is 0.301. The first-order valence-corrected chi connectivity index (χ1v) is 9.64. The molecule has 1 heterocycles. The number of guanidine groups is 1. The summed E-state index contributed by atoms with van der Waals surface area (Å²) in [5.41, 5.74) is 0.950. The molecule has 0 amide bonds. The summed E-state index contributed by atoms with van der Waals surface area (Å²) in [4.78, 5) is 10.0. The lowest BCUT2D eigenvalue weighted by Crippen LogP contribution is -2.37. The van der Waals surface area contributed by atoms with E-state index in [2.05, 4.69) is 27.5 Å². The summed E-state index contributed by atoms with van der Waals surface area (Å²) in [7, 11) is 6.57. The van der Waals surface area contributed by atoms with Crippen LogP contribution in [0.15, 0.2) is 23.3 Å². The van der Waals surface area contributed by atoms with Crippen molar-refractivity contribution in [1.29, 1.82) is 0 Å². The molecule has 28 heavy (non-hydrogen) atoms. The molecule has 2 N–H and O–H groups in total. The minimum absolute atomic E-state index is 0. The van der Waals surface area contributed by atoms with Crippen LogP contribution in [-0.2, 0) is 19.4 Å². The van der Waals surface area contributed by atoms with Gasteiger partial charge in [0.15, 0.2) is 17.5 Å². The first-order chi connectivity index (χ1) is 13.2. The molecule has 0 aliphatic rings. The summed E-state index contributed by atoms with van der Waals surface area (Å²) in [6.07, 6.45) is 3.85. The van der Waals surface area contributed by atoms with Gasteiger partial charge in [0.1, 0.15) is 0 Å². The van der Waals surface area contributed by atoms with Gasteiger partial charge in [-0.2, -0.15) is 0 Å². The number of halogens is 1. The number of methoxy groups -OCH3 is 3. The Morgan fingerprint density at radius 2 is 1.86 bits per heavy atom. The van der Waals surface area contributed by atoms with Crippen molar-refractivity contribution in [3.63, 3.8) is 0 Å². The molecule has 0 aliphatic heterocycles. The predicted octanol–water partition coefficient (Wildman–Crippen LogP) is 3.26. The molecule has 1 aromatic carbocycles. The minimum atomic E-state index is 0. The lowest BCUT2D eigenvalue weighted by molar-refractivity contribution is 0.322. The molecule has 0 fully saturated rings. The highest BCUT2D eigenvalue weighted by Gasteiger charge is 2.15. The maximum absolute atomic E-state index is 5.52. The zero-order valence-corrected chi connectivity index (χ0v) is 20.1. The van der Waals surface area contributed by atoms with Gasteiger partial charge in [-0.3, -0.25) is 4.99 Å². The molecule has 2 aromatic rings.